The maximum atomic E-state index is 13.4. The highest BCUT2D eigenvalue weighted by Gasteiger charge is 2.30. The van der Waals surface area contributed by atoms with Crippen LogP contribution < -0.4 is 5.32 Å². The summed E-state index contributed by atoms with van der Waals surface area (Å²) in [6, 6.07) is -0.865. The Bertz CT molecular complexity index is 1410. The maximum Gasteiger partial charge on any atom is 0.472 e. The maximum absolute atomic E-state index is 13.4. The second-order valence-corrected chi connectivity index (χ2v) is 20.1. The molecule has 0 aliphatic rings. The molecule has 0 rings (SSSR count). The fraction of sp³-hybridized carbons (Fsp3) is 0.714. The smallest absolute Gasteiger partial charge is 0.456 e. The van der Waals surface area contributed by atoms with Crippen LogP contribution in [0, 0.1) is 0 Å². The minimum atomic E-state index is -4.45. The van der Waals surface area contributed by atoms with Crippen molar-refractivity contribution in [3.8, 4) is 0 Å². The van der Waals surface area contributed by atoms with E-state index >= 15 is 0 Å². The molecular weight excluding hydrogens is 844 g/mol. The molecule has 0 aliphatic heterocycles. The van der Waals surface area contributed by atoms with Crippen LogP contribution in [0.3, 0.4) is 0 Å². The van der Waals surface area contributed by atoms with E-state index in [1.165, 1.54) is 44.9 Å². The normalized spacial score (nSPS) is 14.6. The first-order chi connectivity index (χ1) is 31.9. The van der Waals surface area contributed by atoms with Gasteiger partial charge in [0.2, 0.25) is 5.91 Å². The first-order valence-electron chi connectivity index (χ1n) is 26.4. The number of quaternary nitrogens is 1. The third-order valence-electron chi connectivity index (χ3n) is 11.1. The number of hydrogen-bond acceptors (Lipinski definition) is 6. The van der Waals surface area contributed by atoms with Gasteiger partial charge in [-0.3, -0.25) is 18.6 Å². The molecule has 380 valence electrons. The Morgan fingerprint density at radius 2 is 1.05 bits per heavy atom. The highest BCUT2D eigenvalue weighted by Crippen LogP contribution is 2.43. The lowest BCUT2D eigenvalue weighted by Crippen LogP contribution is -2.47. The number of likely N-dealkylation sites (N-methyl/N-ethyl adjacent to an activating group) is 1. The van der Waals surface area contributed by atoms with Crippen LogP contribution in [0.5, 0.6) is 0 Å². The van der Waals surface area contributed by atoms with Crippen LogP contribution in [0.15, 0.2) is 85.1 Å². The van der Waals surface area contributed by atoms with Crippen LogP contribution in [0.4, 0.5) is 0 Å². The lowest BCUT2D eigenvalue weighted by Gasteiger charge is -2.27. The van der Waals surface area contributed by atoms with E-state index in [-0.39, 0.29) is 31.5 Å². The van der Waals surface area contributed by atoms with E-state index < -0.39 is 20.0 Å². The monoisotopic (exact) mass is 944 g/mol. The van der Waals surface area contributed by atoms with Crippen LogP contribution in [0.25, 0.3) is 0 Å². The van der Waals surface area contributed by atoms with Crippen LogP contribution in [0.2, 0.25) is 0 Å². The van der Waals surface area contributed by atoms with Crippen molar-refractivity contribution in [1.29, 1.82) is 0 Å². The first kappa shape index (κ1) is 63.2. The predicted octanol–water partition coefficient (Wildman–Crippen LogP) is 15.5. The lowest BCUT2D eigenvalue weighted by atomic mass is 10.1. The minimum absolute atomic E-state index is 0.0298. The third kappa shape index (κ3) is 46.3. The van der Waals surface area contributed by atoms with Gasteiger partial charge in [0.25, 0.3) is 0 Å². The lowest BCUT2D eigenvalue weighted by molar-refractivity contribution is -0.870. The number of carbonyl (C=O) groups is 2. The zero-order valence-electron chi connectivity index (χ0n) is 43.2. The zero-order chi connectivity index (χ0) is 48.7. The third-order valence-corrected chi connectivity index (χ3v) is 12.1. The molecule has 0 radical (unpaired) electrons. The SMILES string of the molecule is CC/C=C/C=C/C=C\CCCCCCCC(=O)OC(/C=C/CCCCCCCCCCC)C(COP(=O)(O)OCC[N+](C)(C)C)NC(=O)CCCCCCCC/C=C/C/C=C/C/C=C/CC. The summed E-state index contributed by atoms with van der Waals surface area (Å²) in [7, 11) is 1.46. The molecule has 0 saturated carbocycles. The van der Waals surface area contributed by atoms with E-state index in [4.69, 9.17) is 13.8 Å². The van der Waals surface area contributed by atoms with Crippen molar-refractivity contribution in [3.63, 3.8) is 0 Å². The second-order valence-electron chi connectivity index (χ2n) is 18.7. The van der Waals surface area contributed by atoms with Crippen LogP contribution in [-0.2, 0) is 27.9 Å². The fourth-order valence-corrected chi connectivity index (χ4v) is 7.81. The van der Waals surface area contributed by atoms with Crippen LogP contribution >= 0.6 is 7.82 Å². The predicted molar refractivity (Wildman–Crippen MR) is 281 cm³/mol. The van der Waals surface area contributed by atoms with Crippen molar-refractivity contribution in [1.82, 2.24) is 5.32 Å². The van der Waals surface area contributed by atoms with E-state index in [2.05, 4.69) is 92.9 Å². The Labute approximate surface area is 406 Å². The van der Waals surface area contributed by atoms with Gasteiger partial charge < -0.3 is 19.4 Å². The van der Waals surface area contributed by atoms with Gasteiger partial charge in [0.15, 0.2) is 0 Å². The second kappa shape index (κ2) is 45.9. The molecule has 66 heavy (non-hydrogen) atoms. The molecule has 9 nitrogen and oxygen atoms in total. The van der Waals surface area contributed by atoms with Crippen molar-refractivity contribution in [2.45, 2.75) is 219 Å². The Hall–Kier alpha value is -2.81. The van der Waals surface area contributed by atoms with Crippen LogP contribution in [-0.4, -0.2) is 74.3 Å². The molecule has 0 aromatic carbocycles. The topological polar surface area (TPSA) is 111 Å². The number of amides is 1. The highest BCUT2D eigenvalue weighted by molar-refractivity contribution is 7.47. The van der Waals surface area contributed by atoms with E-state index in [1.807, 2.05) is 39.4 Å². The molecule has 0 aromatic rings. The molecule has 0 saturated heterocycles. The molecule has 1 amide bonds. The molecule has 3 unspecified atom stereocenters. The van der Waals surface area contributed by atoms with Gasteiger partial charge in [-0.25, -0.2) is 4.57 Å². The van der Waals surface area contributed by atoms with Gasteiger partial charge in [-0.2, -0.15) is 0 Å². The van der Waals surface area contributed by atoms with E-state index in [0.29, 0.717) is 23.9 Å². The van der Waals surface area contributed by atoms with Crippen molar-refractivity contribution in [2.24, 2.45) is 0 Å². The van der Waals surface area contributed by atoms with Gasteiger partial charge in [0.1, 0.15) is 19.3 Å². The highest BCUT2D eigenvalue weighted by atomic mass is 31.2. The van der Waals surface area contributed by atoms with Gasteiger partial charge in [0, 0.05) is 12.8 Å². The number of unbranched alkanes of at least 4 members (excludes halogenated alkanes) is 20. The molecule has 0 aliphatic carbocycles. The van der Waals surface area contributed by atoms with Gasteiger partial charge >= 0.3 is 13.8 Å². The van der Waals surface area contributed by atoms with Gasteiger partial charge in [-0.05, 0) is 83.1 Å². The number of phosphoric acid groups is 1. The number of rotatable bonds is 46. The summed E-state index contributed by atoms with van der Waals surface area (Å²) in [4.78, 5) is 37.4. The number of nitrogens with zero attached hydrogens (tertiary/aromatic N) is 1. The summed E-state index contributed by atoms with van der Waals surface area (Å²) >= 11 is 0. The number of phosphoric ester groups is 1. The minimum Gasteiger partial charge on any atom is -0.456 e. The molecule has 0 spiro atoms. The van der Waals surface area contributed by atoms with Crippen molar-refractivity contribution in [3.05, 3.63) is 85.1 Å². The Morgan fingerprint density at radius 1 is 0.561 bits per heavy atom. The fourth-order valence-electron chi connectivity index (χ4n) is 7.07. The molecule has 3 atom stereocenters. The van der Waals surface area contributed by atoms with Crippen molar-refractivity contribution >= 4 is 19.7 Å². The summed E-state index contributed by atoms with van der Waals surface area (Å²) in [5.74, 6) is -0.552. The molecule has 0 aromatic heterocycles. The number of hydrogen-bond donors (Lipinski definition) is 2. The number of carbonyl (C=O) groups excluding carboxylic acids is 2. The molecular formula is C56H100N2O7P+. The molecule has 0 fully saturated rings. The Balaban J connectivity index is 5.44. The standard InChI is InChI=1S/C56H99N2O7P/c1-7-10-13-16-19-22-25-27-28-29-31-33-36-39-42-45-48-55(59)57-53(52-64-66(61,62)63-51-50-58(4,5)6)54(47-44-41-38-35-32-24-21-18-15-12-9-3)65-56(60)49-46-43-40-37-34-30-26-23-20-17-14-11-8-2/h10-11,13-14,17,19-20,22-23,26-28,44,47,53-54H,7-9,12,15-16,18,21,24-25,29-43,45-46,48-52H2,1-6H3,(H-,57,59,61,62)/p+1/b13-10+,14-11+,20-17+,22-19+,26-23-,28-27+,47-44+. The van der Waals surface area contributed by atoms with E-state index in [9.17, 15) is 19.0 Å². The Kier molecular flexibility index (Phi) is 44.0. The molecule has 0 bridgehead atoms. The van der Waals surface area contributed by atoms with Crippen molar-refractivity contribution in [2.75, 3.05) is 40.9 Å². The van der Waals surface area contributed by atoms with E-state index in [0.717, 1.165) is 122 Å². The quantitative estimate of drug-likeness (QED) is 0.0156. The van der Waals surface area contributed by atoms with Gasteiger partial charge in [0.05, 0.1) is 33.8 Å². The van der Waals surface area contributed by atoms with Gasteiger partial charge in [-0.1, -0.05) is 196 Å². The van der Waals surface area contributed by atoms with Crippen LogP contribution in [0.1, 0.15) is 207 Å². The summed E-state index contributed by atoms with van der Waals surface area (Å²) in [5.41, 5.74) is 0. The number of allylic oxidation sites excluding steroid dienone is 13. The summed E-state index contributed by atoms with van der Waals surface area (Å²) in [5, 5.41) is 3.02. The molecule has 0 heterocycles. The number of esters is 1. The van der Waals surface area contributed by atoms with Crippen molar-refractivity contribution < 1.29 is 37.3 Å². The average molecular weight is 944 g/mol. The summed E-state index contributed by atoms with van der Waals surface area (Å²) in [6.07, 6.45) is 58.6. The molecule has 2 N–H and O–H groups in total. The summed E-state index contributed by atoms with van der Waals surface area (Å²) < 4.78 is 30.5. The molecule has 10 heteroatoms. The van der Waals surface area contributed by atoms with E-state index in [1.54, 1.807) is 0 Å². The average Bonchev–Trinajstić information content (AvgIpc) is 3.27. The van der Waals surface area contributed by atoms with Gasteiger partial charge in [-0.15, -0.1) is 0 Å². The summed E-state index contributed by atoms with van der Waals surface area (Å²) in [6.45, 7) is 6.71. The number of ether oxygens (including phenoxy) is 1. The largest absolute Gasteiger partial charge is 0.472 e. The zero-order valence-corrected chi connectivity index (χ0v) is 44.1. The first-order valence-corrected chi connectivity index (χ1v) is 27.9. The Morgan fingerprint density at radius 3 is 1.62 bits per heavy atom. The number of nitrogens with one attached hydrogen (secondary N) is 1.